The number of hydrogen-bond donors (Lipinski definition) is 1. The molecule has 0 spiro atoms. The van der Waals surface area contributed by atoms with Gasteiger partial charge in [0.15, 0.2) is 5.12 Å². The first-order valence-electron chi connectivity index (χ1n) is 11.7. The summed E-state index contributed by atoms with van der Waals surface area (Å²) in [6.45, 7) is 1.14. The molecule has 1 aliphatic rings. The van der Waals surface area contributed by atoms with Crippen molar-refractivity contribution < 1.29 is 38.6 Å². The van der Waals surface area contributed by atoms with Crippen LogP contribution in [0.3, 0.4) is 0 Å². The Balaban J connectivity index is 1.80. The quantitative estimate of drug-likeness (QED) is 0.341. The fourth-order valence-electron chi connectivity index (χ4n) is 3.91. The molecule has 0 aliphatic carbocycles. The van der Waals surface area contributed by atoms with E-state index in [4.69, 9.17) is 9.57 Å². The molecule has 2 aromatic carbocycles. The van der Waals surface area contributed by atoms with Crippen molar-refractivity contribution in [2.24, 2.45) is 0 Å². The van der Waals surface area contributed by atoms with Gasteiger partial charge in [0.2, 0.25) is 5.91 Å². The molecule has 1 aliphatic heterocycles. The van der Waals surface area contributed by atoms with Crippen molar-refractivity contribution in [1.82, 2.24) is 9.96 Å². The highest BCUT2D eigenvalue weighted by Gasteiger charge is 2.41. The maximum absolute atomic E-state index is 13.3. The van der Waals surface area contributed by atoms with Gasteiger partial charge in [0.05, 0.1) is 22.5 Å². The third-order valence-corrected chi connectivity index (χ3v) is 6.85. The lowest BCUT2D eigenvalue weighted by atomic mass is 10.1. The van der Waals surface area contributed by atoms with E-state index in [1.165, 1.54) is 51.4 Å². The number of anilines is 1. The van der Waals surface area contributed by atoms with E-state index in [1.807, 2.05) is 0 Å². The van der Waals surface area contributed by atoms with Gasteiger partial charge >= 0.3 is 6.09 Å². The van der Waals surface area contributed by atoms with Gasteiger partial charge in [-0.25, -0.2) is 9.86 Å². The van der Waals surface area contributed by atoms with Crippen LogP contribution in [-0.2, 0) is 25.8 Å². The molecular formula is C24H25N5O10S. The molecule has 0 radical (unpaired) electrons. The Kier molecular flexibility index (Phi) is 9.73. The molecule has 1 N–H and O–H groups in total. The summed E-state index contributed by atoms with van der Waals surface area (Å²) >= 11 is 0.962. The van der Waals surface area contributed by atoms with Crippen molar-refractivity contribution >= 4 is 51.8 Å². The lowest BCUT2D eigenvalue weighted by Crippen LogP contribution is -2.43. The molecule has 15 nitrogen and oxygen atoms in total. The van der Waals surface area contributed by atoms with Crippen molar-refractivity contribution in [3.8, 4) is 0 Å². The highest BCUT2D eigenvalue weighted by Crippen LogP contribution is 2.30. The van der Waals surface area contributed by atoms with Crippen molar-refractivity contribution in [3.05, 3.63) is 73.8 Å². The number of nitro benzene ring substituents is 2. The van der Waals surface area contributed by atoms with E-state index in [9.17, 15) is 39.4 Å². The van der Waals surface area contributed by atoms with Crippen LogP contribution in [-0.4, -0.2) is 74.8 Å². The van der Waals surface area contributed by atoms with E-state index >= 15 is 0 Å². The van der Waals surface area contributed by atoms with Gasteiger partial charge in [-0.1, -0.05) is 11.8 Å². The van der Waals surface area contributed by atoms with E-state index in [-0.39, 0.29) is 41.6 Å². The Morgan fingerprint density at radius 3 is 2.30 bits per heavy atom. The average Bonchev–Trinajstić information content (AvgIpc) is 3.34. The molecule has 40 heavy (non-hydrogen) atoms. The highest BCUT2D eigenvalue weighted by atomic mass is 32.2. The largest absolute Gasteiger partial charge is 0.445 e. The second kappa shape index (κ2) is 13.0. The van der Waals surface area contributed by atoms with E-state index in [0.717, 1.165) is 33.9 Å². The number of nitrogens with zero attached hydrogens (tertiary/aromatic N) is 4. The minimum Gasteiger partial charge on any atom is -0.445 e. The van der Waals surface area contributed by atoms with Crippen molar-refractivity contribution in [3.63, 3.8) is 0 Å². The zero-order valence-corrected chi connectivity index (χ0v) is 22.4. The molecule has 16 heteroatoms. The Hall–Kier alpha value is -4.57. The van der Waals surface area contributed by atoms with Crippen LogP contribution in [0.2, 0.25) is 0 Å². The van der Waals surface area contributed by atoms with Gasteiger partial charge in [-0.3, -0.25) is 44.3 Å². The monoisotopic (exact) mass is 575 g/mol. The summed E-state index contributed by atoms with van der Waals surface area (Å²) in [5, 5.41) is 25.0. The van der Waals surface area contributed by atoms with Crippen LogP contribution in [0.25, 0.3) is 0 Å². The van der Waals surface area contributed by atoms with E-state index in [1.54, 1.807) is 0 Å². The summed E-state index contributed by atoms with van der Waals surface area (Å²) in [6, 6.07) is 7.61. The maximum Gasteiger partial charge on any atom is 0.410 e. The van der Waals surface area contributed by atoms with Gasteiger partial charge in [0.25, 0.3) is 17.3 Å². The summed E-state index contributed by atoms with van der Waals surface area (Å²) in [5.74, 6) is -1.41. The number of benzene rings is 2. The third kappa shape index (κ3) is 7.51. The number of thioether (sulfide) groups is 1. The van der Waals surface area contributed by atoms with E-state index in [0.29, 0.717) is 5.56 Å². The number of likely N-dealkylation sites (tertiary alicyclic amines) is 1. The van der Waals surface area contributed by atoms with Crippen molar-refractivity contribution in [2.45, 2.75) is 31.2 Å². The molecule has 3 amide bonds. The molecule has 3 rings (SSSR count). The van der Waals surface area contributed by atoms with E-state index in [2.05, 4.69) is 5.32 Å². The molecule has 0 bridgehead atoms. The standard InChI is InChI=1S/C24H25N5O10S/c1-14(30)40-20-11-21(27(12-20)24(33)39-13-15-4-6-18(7-5-15)28(34)35)22(31)25-17-8-16(23(32)26(2)38-3)9-19(10-17)29(36)37/h4-10,20-21H,11-13H2,1-3H3,(H,25,31)/t20-,21-/m0/s1. The zero-order chi connectivity index (χ0) is 29.6. The summed E-state index contributed by atoms with van der Waals surface area (Å²) < 4.78 is 5.33. The number of hydroxylamine groups is 2. The topological polar surface area (TPSA) is 192 Å². The van der Waals surface area contributed by atoms with Crippen molar-refractivity contribution in [2.75, 3.05) is 26.0 Å². The second-order valence-corrected chi connectivity index (χ2v) is 10.1. The van der Waals surface area contributed by atoms with Crippen LogP contribution in [0.15, 0.2) is 42.5 Å². The fraction of sp³-hybridized carbons (Fsp3) is 0.333. The highest BCUT2D eigenvalue weighted by molar-refractivity contribution is 8.14. The summed E-state index contributed by atoms with van der Waals surface area (Å²) in [4.78, 5) is 77.4. The lowest BCUT2D eigenvalue weighted by Gasteiger charge is -2.23. The number of non-ortho nitro benzene ring substituents is 2. The van der Waals surface area contributed by atoms with Crippen LogP contribution in [0.1, 0.15) is 29.3 Å². The smallest absolute Gasteiger partial charge is 0.410 e. The van der Waals surface area contributed by atoms with Gasteiger partial charge < -0.3 is 10.1 Å². The third-order valence-electron chi connectivity index (χ3n) is 5.84. The number of hydrogen-bond acceptors (Lipinski definition) is 11. The van der Waals surface area contributed by atoms with Gasteiger partial charge in [-0.15, -0.1) is 0 Å². The van der Waals surface area contributed by atoms with Crippen molar-refractivity contribution in [1.29, 1.82) is 0 Å². The van der Waals surface area contributed by atoms with Gasteiger partial charge in [-0.05, 0) is 30.2 Å². The number of rotatable bonds is 9. The summed E-state index contributed by atoms with van der Waals surface area (Å²) in [6.07, 6.45) is -0.766. The molecule has 1 heterocycles. The van der Waals surface area contributed by atoms with Crippen LogP contribution in [0.5, 0.6) is 0 Å². The SMILES string of the molecule is CON(C)C(=O)c1cc(NC(=O)[C@@H]2C[C@H](SC(C)=O)CN2C(=O)OCc2ccc([N+](=O)[O-])cc2)cc([N+](=O)[O-])c1. The van der Waals surface area contributed by atoms with E-state index < -0.39 is 44.7 Å². The molecule has 0 aromatic heterocycles. The number of amides is 3. The first-order valence-corrected chi connectivity index (χ1v) is 12.5. The van der Waals surface area contributed by atoms with Crippen LogP contribution >= 0.6 is 11.8 Å². The Bertz CT molecular complexity index is 1340. The Morgan fingerprint density at radius 2 is 1.73 bits per heavy atom. The predicted molar refractivity (Wildman–Crippen MR) is 141 cm³/mol. The van der Waals surface area contributed by atoms with Gasteiger partial charge in [-0.2, -0.15) is 0 Å². The minimum absolute atomic E-state index is 0.0126. The molecular weight excluding hydrogens is 550 g/mol. The molecule has 212 valence electrons. The fourth-order valence-corrected chi connectivity index (χ4v) is 4.90. The molecule has 1 saturated heterocycles. The van der Waals surface area contributed by atoms with Gasteiger partial charge in [0.1, 0.15) is 12.6 Å². The second-order valence-electron chi connectivity index (χ2n) is 8.61. The average molecular weight is 576 g/mol. The van der Waals surface area contributed by atoms with Crippen LogP contribution < -0.4 is 5.32 Å². The lowest BCUT2D eigenvalue weighted by molar-refractivity contribution is -0.385. The summed E-state index contributed by atoms with van der Waals surface area (Å²) in [7, 11) is 2.55. The zero-order valence-electron chi connectivity index (χ0n) is 21.6. The number of nitrogens with one attached hydrogen (secondary N) is 1. The normalized spacial score (nSPS) is 16.2. The Morgan fingerprint density at radius 1 is 1.07 bits per heavy atom. The summed E-state index contributed by atoms with van der Waals surface area (Å²) in [5.41, 5.74) is -0.293. The molecule has 0 saturated carbocycles. The number of nitro groups is 2. The minimum atomic E-state index is -1.10. The first-order chi connectivity index (χ1) is 18.9. The number of ether oxygens (including phenoxy) is 1. The van der Waals surface area contributed by atoms with Crippen LogP contribution in [0.4, 0.5) is 21.9 Å². The van der Waals surface area contributed by atoms with Crippen LogP contribution in [0, 0.1) is 20.2 Å². The predicted octanol–water partition coefficient (Wildman–Crippen LogP) is 3.13. The van der Waals surface area contributed by atoms with Gasteiger partial charge in [0, 0.05) is 55.7 Å². The molecule has 2 atom stereocenters. The Labute approximate surface area is 231 Å². The molecule has 1 fully saturated rings. The first kappa shape index (κ1) is 30.0. The maximum atomic E-state index is 13.3. The number of carbonyl (C=O) groups is 4. The molecule has 2 aromatic rings. The number of carbonyl (C=O) groups excluding carboxylic acids is 4. The molecule has 0 unspecified atom stereocenters.